The van der Waals surface area contributed by atoms with Gasteiger partial charge in [0.1, 0.15) is 0 Å². The smallest absolute Gasteiger partial charge is 0.240 e. The van der Waals surface area contributed by atoms with Crippen molar-refractivity contribution in [1.29, 1.82) is 0 Å². The fourth-order valence-electron chi connectivity index (χ4n) is 2.41. The van der Waals surface area contributed by atoms with E-state index in [-0.39, 0.29) is 5.91 Å². The second kappa shape index (κ2) is 12.0. The van der Waals surface area contributed by atoms with Crippen LogP contribution in [0.2, 0.25) is 0 Å². The first kappa shape index (κ1) is 18.4. The molecule has 3 nitrogen and oxygen atoms in total. The van der Waals surface area contributed by atoms with E-state index in [9.17, 15) is 4.79 Å². The molecule has 0 bridgehead atoms. The van der Waals surface area contributed by atoms with Gasteiger partial charge in [-0.05, 0) is 18.4 Å². The van der Waals surface area contributed by atoms with Crippen molar-refractivity contribution in [2.24, 2.45) is 5.10 Å². The summed E-state index contributed by atoms with van der Waals surface area (Å²) in [5, 5.41) is 4.27. The number of hydrogen-bond acceptors (Lipinski definition) is 2. The van der Waals surface area contributed by atoms with Crippen LogP contribution in [-0.4, -0.2) is 11.6 Å². The average molecular weight is 302 g/mol. The summed E-state index contributed by atoms with van der Waals surface area (Å²) >= 11 is 0. The molecule has 0 saturated carbocycles. The highest BCUT2D eigenvalue weighted by Crippen LogP contribution is 2.08. The van der Waals surface area contributed by atoms with Crippen LogP contribution in [0.25, 0.3) is 0 Å². The summed E-state index contributed by atoms with van der Waals surface area (Å²) in [6.07, 6.45) is 9.94. The van der Waals surface area contributed by atoms with Gasteiger partial charge in [0, 0.05) is 6.42 Å². The Morgan fingerprint density at radius 2 is 1.59 bits per heavy atom. The number of rotatable bonds is 11. The summed E-state index contributed by atoms with van der Waals surface area (Å²) in [5.74, 6) is 0.0236. The Balaban J connectivity index is 2.22. The molecule has 122 valence electrons. The van der Waals surface area contributed by atoms with E-state index in [1.165, 1.54) is 32.1 Å². The maximum atomic E-state index is 11.8. The van der Waals surface area contributed by atoms with Gasteiger partial charge in [-0.2, -0.15) is 5.10 Å². The number of hydrogen-bond donors (Lipinski definition) is 1. The number of hydrazone groups is 1. The van der Waals surface area contributed by atoms with Crippen LogP contribution >= 0.6 is 0 Å². The molecule has 22 heavy (non-hydrogen) atoms. The maximum Gasteiger partial charge on any atom is 0.240 e. The highest BCUT2D eigenvalue weighted by Gasteiger charge is 2.03. The number of unbranched alkanes of at least 4 members (excludes halogenated alkanes) is 6. The molecule has 0 spiro atoms. The number of benzene rings is 1. The van der Waals surface area contributed by atoms with Gasteiger partial charge < -0.3 is 0 Å². The summed E-state index contributed by atoms with van der Waals surface area (Å²) < 4.78 is 0. The molecule has 0 fully saturated rings. The molecule has 0 aliphatic heterocycles. The molecule has 0 saturated heterocycles. The second-order valence-corrected chi connectivity index (χ2v) is 5.68. The standard InChI is InChI=1S/C19H30N2O/c1-3-5-6-7-8-9-13-16-19(22)21-20-18(4-2)17-14-11-10-12-15-17/h10-12,14-15H,3-9,13,16H2,1-2H3,(H,21,22)/b20-18+. The van der Waals surface area contributed by atoms with E-state index in [0.717, 1.165) is 30.5 Å². The maximum absolute atomic E-state index is 11.8. The zero-order valence-corrected chi connectivity index (χ0v) is 14.1. The third-order valence-corrected chi connectivity index (χ3v) is 3.76. The molecule has 0 heterocycles. The van der Waals surface area contributed by atoms with E-state index < -0.39 is 0 Å². The molecule has 1 N–H and O–H groups in total. The van der Waals surface area contributed by atoms with E-state index in [1.807, 2.05) is 37.3 Å². The third-order valence-electron chi connectivity index (χ3n) is 3.76. The van der Waals surface area contributed by atoms with Gasteiger partial charge >= 0.3 is 0 Å². The summed E-state index contributed by atoms with van der Waals surface area (Å²) in [7, 11) is 0. The van der Waals surface area contributed by atoms with Gasteiger partial charge in [-0.3, -0.25) is 4.79 Å². The van der Waals surface area contributed by atoms with E-state index in [1.54, 1.807) is 0 Å². The number of nitrogens with zero attached hydrogens (tertiary/aromatic N) is 1. The predicted molar refractivity (Wildman–Crippen MR) is 94.0 cm³/mol. The zero-order chi connectivity index (χ0) is 16.0. The molecule has 0 aliphatic rings. The molecule has 1 aromatic carbocycles. The first-order chi connectivity index (χ1) is 10.8. The van der Waals surface area contributed by atoms with Crippen molar-refractivity contribution >= 4 is 11.6 Å². The Morgan fingerprint density at radius 3 is 2.23 bits per heavy atom. The molecule has 0 radical (unpaired) electrons. The lowest BCUT2D eigenvalue weighted by Crippen LogP contribution is -2.19. The molecule has 1 rings (SSSR count). The fourth-order valence-corrected chi connectivity index (χ4v) is 2.41. The van der Waals surface area contributed by atoms with Crippen molar-refractivity contribution < 1.29 is 4.79 Å². The van der Waals surface area contributed by atoms with E-state index >= 15 is 0 Å². The third kappa shape index (κ3) is 7.96. The Labute approximate surface area is 135 Å². The van der Waals surface area contributed by atoms with Crippen LogP contribution in [0.4, 0.5) is 0 Å². The summed E-state index contributed by atoms with van der Waals surface area (Å²) in [6.45, 7) is 4.28. The normalized spacial score (nSPS) is 11.5. The topological polar surface area (TPSA) is 41.5 Å². The lowest BCUT2D eigenvalue weighted by molar-refractivity contribution is -0.121. The van der Waals surface area contributed by atoms with E-state index in [4.69, 9.17) is 0 Å². The number of nitrogens with one attached hydrogen (secondary N) is 1. The SMILES string of the molecule is CCCCCCCCCC(=O)N/N=C(\CC)c1ccccc1. The van der Waals surface area contributed by atoms with Gasteiger partial charge in [-0.25, -0.2) is 5.43 Å². The van der Waals surface area contributed by atoms with Crippen molar-refractivity contribution in [1.82, 2.24) is 5.43 Å². The van der Waals surface area contributed by atoms with Crippen molar-refractivity contribution in [3.8, 4) is 0 Å². The minimum absolute atomic E-state index is 0.0236. The Hall–Kier alpha value is -1.64. The lowest BCUT2D eigenvalue weighted by Gasteiger charge is -2.05. The average Bonchev–Trinajstić information content (AvgIpc) is 2.55. The molecule has 1 aromatic rings. The van der Waals surface area contributed by atoms with Gasteiger partial charge in [-0.1, -0.05) is 82.7 Å². The highest BCUT2D eigenvalue weighted by molar-refractivity contribution is 6.00. The quantitative estimate of drug-likeness (QED) is 0.346. The van der Waals surface area contributed by atoms with Gasteiger partial charge in [0.05, 0.1) is 5.71 Å². The molecule has 0 atom stereocenters. The number of carbonyl (C=O) groups excluding carboxylic acids is 1. The van der Waals surface area contributed by atoms with E-state index in [0.29, 0.717) is 6.42 Å². The van der Waals surface area contributed by atoms with Crippen molar-refractivity contribution in [3.05, 3.63) is 35.9 Å². The van der Waals surface area contributed by atoms with Crippen molar-refractivity contribution in [2.75, 3.05) is 0 Å². The van der Waals surface area contributed by atoms with Crippen molar-refractivity contribution in [2.45, 2.75) is 71.6 Å². The first-order valence-electron chi connectivity index (χ1n) is 8.68. The number of amides is 1. The Kier molecular flexibility index (Phi) is 10.0. The van der Waals surface area contributed by atoms with Crippen LogP contribution < -0.4 is 5.43 Å². The predicted octanol–water partition coefficient (Wildman–Crippen LogP) is 5.06. The van der Waals surface area contributed by atoms with Crippen LogP contribution in [0.5, 0.6) is 0 Å². The van der Waals surface area contributed by atoms with Gasteiger partial charge in [0.25, 0.3) is 0 Å². The Bertz CT molecular complexity index is 440. The van der Waals surface area contributed by atoms with Crippen LogP contribution in [0.3, 0.4) is 0 Å². The molecule has 0 aliphatic carbocycles. The number of carbonyl (C=O) groups is 1. The summed E-state index contributed by atoms with van der Waals surface area (Å²) in [5.41, 5.74) is 4.69. The zero-order valence-electron chi connectivity index (χ0n) is 14.1. The van der Waals surface area contributed by atoms with Gasteiger partial charge in [0.15, 0.2) is 0 Å². The Morgan fingerprint density at radius 1 is 0.955 bits per heavy atom. The fraction of sp³-hybridized carbons (Fsp3) is 0.579. The lowest BCUT2D eigenvalue weighted by atomic mass is 10.1. The van der Waals surface area contributed by atoms with Gasteiger partial charge in [-0.15, -0.1) is 0 Å². The molecular weight excluding hydrogens is 272 g/mol. The largest absolute Gasteiger partial charge is 0.273 e. The van der Waals surface area contributed by atoms with Crippen LogP contribution in [-0.2, 0) is 4.79 Å². The first-order valence-corrected chi connectivity index (χ1v) is 8.68. The summed E-state index contributed by atoms with van der Waals surface area (Å²) in [4.78, 5) is 11.8. The molecule has 1 amide bonds. The van der Waals surface area contributed by atoms with Crippen LogP contribution in [0.15, 0.2) is 35.4 Å². The van der Waals surface area contributed by atoms with Crippen LogP contribution in [0, 0.1) is 0 Å². The van der Waals surface area contributed by atoms with E-state index in [2.05, 4.69) is 17.5 Å². The van der Waals surface area contributed by atoms with Crippen molar-refractivity contribution in [3.63, 3.8) is 0 Å². The highest BCUT2D eigenvalue weighted by atomic mass is 16.2. The monoisotopic (exact) mass is 302 g/mol. The van der Waals surface area contributed by atoms with Gasteiger partial charge in [0.2, 0.25) is 5.91 Å². The minimum Gasteiger partial charge on any atom is -0.273 e. The molecule has 0 aromatic heterocycles. The second-order valence-electron chi connectivity index (χ2n) is 5.68. The molecular formula is C19H30N2O. The molecule has 3 heteroatoms. The minimum atomic E-state index is 0.0236. The van der Waals surface area contributed by atoms with Crippen LogP contribution in [0.1, 0.15) is 77.2 Å². The molecule has 0 unspecified atom stereocenters. The summed E-state index contributed by atoms with van der Waals surface area (Å²) in [6, 6.07) is 9.99.